The first-order chi connectivity index (χ1) is 8.29. The van der Waals surface area contributed by atoms with Crippen LogP contribution in [0.2, 0.25) is 0 Å². The molecule has 1 heterocycles. The molecular formula is C14H24N2S. The second-order valence-electron chi connectivity index (χ2n) is 5.20. The summed E-state index contributed by atoms with van der Waals surface area (Å²) >= 11 is 1.83. The van der Waals surface area contributed by atoms with Crippen LogP contribution in [0.25, 0.3) is 0 Å². The van der Waals surface area contributed by atoms with Crippen molar-refractivity contribution in [2.75, 3.05) is 13.1 Å². The van der Waals surface area contributed by atoms with E-state index in [2.05, 4.69) is 29.5 Å². The van der Waals surface area contributed by atoms with E-state index in [1.807, 2.05) is 11.3 Å². The van der Waals surface area contributed by atoms with Gasteiger partial charge in [-0.2, -0.15) is 0 Å². The summed E-state index contributed by atoms with van der Waals surface area (Å²) < 4.78 is 0. The molecule has 0 spiro atoms. The minimum atomic E-state index is 0.794. The molecule has 17 heavy (non-hydrogen) atoms. The molecule has 3 heteroatoms. The van der Waals surface area contributed by atoms with Gasteiger partial charge in [-0.25, -0.2) is 4.98 Å². The van der Waals surface area contributed by atoms with Crippen molar-refractivity contribution in [1.29, 1.82) is 0 Å². The minimum Gasteiger partial charge on any atom is -0.317 e. The van der Waals surface area contributed by atoms with Crippen molar-refractivity contribution in [1.82, 2.24) is 10.3 Å². The van der Waals surface area contributed by atoms with Crippen LogP contribution in [0.5, 0.6) is 0 Å². The summed E-state index contributed by atoms with van der Waals surface area (Å²) in [4.78, 5) is 4.62. The van der Waals surface area contributed by atoms with Crippen molar-refractivity contribution in [3.63, 3.8) is 0 Å². The lowest BCUT2D eigenvalue weighted by Gasteiger charge is -2.22. The molecule has 1 unspecified atom stereocenters. The van der Waals surface area contributed by atoms with E-state index < -0.39 is 0 Å². The summed E-state index contributed by atoms with van der Waals surface area (Å²) in [5.74, 6) is 1.72. The Labute approximate surface area is 109 Å². The Balaban J connectivity index is 1.94. The highest BCUT2D eigenvalue weighted by Crippen LogP contribution is 2.33. The predicted octanol–water partition coefficient (Wildman–Crippen LogP) is 3.41. The van der Waals surface area contributed by atoms with Gasteiger partial charge in [-0.15, -0.1) is 11.3 Å². The van der Waals surface area contributed by atoms with Crippen molar-refractivity contribution >= 4 is 11.3 Å². The molecule has 1 aromatic heterocycles. The first kappa shape index (κ1) is 13.0. The van der Waals surface area contributed by atoms with Gasteiger partial charge < -0.3 is 5.32 Å². The Bertz CT molecular complexity index is 329. The van der Waals surface area contributed by atoms with Gasteiger partial charge in [-0.1, -0.05) is 32.6 Å². The zero-order valence-corrected chi connectivity index (χ0v) is 11.9. The lowest BCUT2D eigenvalue weighted by molar-refractivity contribution is 0.323. The number of hydrogen-bond donors (Lipinski definition) is 1. The van der Waals surface area contributed by atoms with Gasteiger partial charge >= 0.3 is 0 Å². The number of nitrogens with one attached hydrogen (secondary N) is 1. The molecule has 1 aromatic rings. The Morgan fingerprint density at radius 3 is 2.82 bits per heavy atom. The molecule has 1 fully saturated rings. The topological polar surface area (TPSA) is 24.9 Å². The molecule has 2 nitrogen and oxygen atoms in total. The summed E-state index contributed by atoms with van der Waals surface area (Å²) in [6, 6.07) is 0. The summed E-state index contributed by atoms with van der Waals surface area (Å²) in [5, 5.41) is 7.03. The smallest absolute Gasteiger partial charge is 0.0931 e. The number of nitrogens with zero attached hydrogens (tertiary/aromatic N) is 1. The monoisotopic (exact) mass is 252 g/mol. The lowest BCUT2D eigenvalue weighted by atomic mass is 9.88. The Kier molecular flexibility index (Phi) is 4.99. The molecule has 0 bridgehead atoms. The number of hydrogen-bond acceptors (Lipinski definition) is 3. The number of aromatic nitrogens is 1. The van der Waals surface area contributed by atoms with Crippen LogP contribution >= 0.6 is 11.3 Å². The van der Waals surface area contributed by atoms with Crippen LogP contribution in [0, 0.1) is 18.8 Å². The van der Waals surface area contributed by atoms with Crippen LogP contribution in [0.15, 0.2) is 5.38 Å². The standard InChI is InChI=1S/C14H24N2S/c1-3-15-9-13(12-6-4-5-7-12)8-14-16-11(2)10-17-14/h10,12-13,15H,3-9H2,1-2H3. The fraction of sp³-hybridized carbons (Fsp3) is 0.786. The molecule has 1 N–H and O–H groups in total. The third-order valence-corrected chi connectivity index (χ3v) is 4.82. The van der Waals surface area contributed by atoms with E-state index in [0.29, 0.717) is 0 Å². The zero-order valence-electron chi connectivity index (χ0n) is 11.0. The average molecular weight is 252 g/mol. The van der Waals surface area contributed by atoms with Gasteiger partial charge in [0.1, 0.15) is 0 Å². The van der Waals surface area contributed by atoms with Crippen molar-refractivity contribution in [2.24, 2.45) is 11.8 Å². The Morgan fingerprint density at radius 1 is 1.47 bits per heavy atom. The first-order valence-corrected chi connectivity index (χ1v) is 7.79. The zero-order chi connectivity index (χ0) is 12.1. The normalized spacial score (nSPS) is 18.7. The predicted molar refractivity (Wildman–Crippen MR) is 74.5 cm³/mol. The maximum absolute atomic E-state index is 4.62. The van der Waals surface area contributed by atoms with Gasteiger partial charge in [0, 0.05) is 17.5 Å². The van der Waals surface area contributed by atoms with Crippen molar-refractivity contribution in [2.45, 2.75) is 46.0 Å². The van der Waals surface area contributed by atoms with Gasteiger partial charge in [-0.05, 0) is 31.8 Å². The summed E-state index contributed by atoms with van der Waals surface area (Å²) in [6.45, 7) is 6.54. The third kappa shape index (κ3) is 3.78. The van der Waals surface area contributed by atoms with E-state index in [1.165, 1.54) is 49.4 Å². The second-order valence-corrected chi connectivity index (χ2v) is 6.14. The van der Waals surface area contributed by atoms with Gasteiger partial charge in [-0.3, -0.25) is 0 Å². The van der Waals surface area contributed by atoms with Crippen LogP contribution in [0.3, 0.4) is 0 Å². The Morgan fingerprint density at radius 2 is 2.24 bits per heavy atom. The molecule has 0 amide bonds. The fourth-order valence-electron chi connectivity index (χ4n) is 2.88. The summed E-state index contributed by atoms with van der Waals surface area (Å²) in [7, 11) is 0. The summed E-state index contributed by atoms with van der Waals surface area (Å²) in [6.07, 6.45) is 6.91. The molecule has 1 aliphatic rings. The summed E-state index contributed by atoms with van der Waals surface area (Å²) in [5.41, 5.74) is 1.18. The largest absolute Gasteiger partial charge is 0.317 e. The molecule has 0 radical (unpaired) electrons. The van der Waals surface area contributed by atoms with Crippen LogP contribution in [-0.4, -0.2) is 18.1 Å². The average Bonchev–Trinajstić information content (AvgIpc) is 2.95. The van der Waals surface area contributed by atoms with Crippen molar-refractivity contribution < 1.29 is 0 Å². The van der Waals surface area contributed by atoms with Crippen LogP contribution in [-0.2, 0) is 6.42 Å². The lowest BCUT2D eigenvalue weighted by Crippen LogP contribution is -2.28. The molecule has 1 aliphatic carbocycles. The second kappa shape index (κ2) is 6.50. The van der Waals surface area contributed by atoms with E-state index in [1.54, 1.807) is 0 Å². The van der Waals surface area contributed by atoms with E-state index in [-0.39, 0.29) is 0 Å². The first-order valence-electron chi connectivity index (χ1n) is 6.91. The molecule has 0 saturated heterocycles. The van der Waals surface area contributed by atoms with Gasteiger partial charge in [0.2, 0.25) is 0 Å². The fourth-order valence-corrected chi connectivity index (χ4v) is 3.75. The van der Waals surface area contributed by atoms with E-state index in [9.17, 15) is 0 Å². The number of rotatable bonds is 6. The van der Waals surface area contributed by atoms with Crippen LogP contribution in [0.4, 0.5) is 0 Å². The molecule has 0 aromatic carbocycles. The molecule has 2 rings (SSSR count). The number of thiazole rings is 1. The SMILES string of the molecule is CCNCC(Cc1nc(C)cs1)C1CCCC1. The maximum atomic E-state index is 4.62. The maximum Gasteiger partial charge on any atom is 0.0931 e. The molecule has 1 saturated carbocycles. The Hall–Kier alpha value is -0.410. The number of aryl methyl sites for hydroxylation is 1. The van der Waals surface area contributed by atoms with Gasteiger partial charge in [0.15, 0.2) is 0 Å². The quantitative estimate of drug-likeness (QED) is 0.839. The van der Waals surface area contributed by atoms with Crippen molar-refractivity contribution in [3.8, 4) is 0 Å². The highest BCUT2D eigenvalue weighted by atomic mass is 32.1. The molecule has 96 valence electrons. The molecule has 0 aliphatic heterocycles. The van der Waals surface area contributed by atoms with E-state index in [4.69, 9.17) is 0 Å². The van der Waals surface area contributed by atoms with Gasteiger partial charge in [0.05, 0.1) is 5.01 Å². The minimum absolute atomic E-state index is 0.794. The highest BCUT2D eigenvalue weighted by molar-refractivity contribution is 7.09. The third-order valence-electron chi connectivity index (χ3n) is 3.83. The van der Waals surface area contributed by atoms with Crippen molar-refractivity contribution in [3.05, 3.63) is 16.1 Å². The molecular weight excluding hydrogens is 228 g/mol. The molecule has 1 atom stereocenters. The van der Waals surface area contributed by atoms with E-state index >= 15 is 0 Å². The van der Waals surface area contributed by atoms with Crippen LogP contribution < -0.4 is 5.32 Å². The van der Waals surface area contributed by atoms with Crippen LogP contribution in [0.1, 0.15) is 43.3 Å². The highest BCUT2D eigenvalue weighted by Gasteiger charge is 2.25. The van der Waals surface area contributed by atoms with E-state index in [0.717, 1.165) is 18.4 Å². The van der Waals surface area contributed by atoms with Gasteiger partial charge in [0.25, 0.3) is 0 Å².